The molecule has 0 saturated carbocycles. The van der Waals surface area contributed by atoms with Crippen molar-refractivity contribution < 1.29 is 24.5 Å². The standard InChI is InChI=1S/C55H91NO5/c1-4-7-10-13-16-19-22-24-26-28-29-32-34-37-40-43-46-51(61-55(60)48-45-42-39-36-33-30-27-25-23-20-17-14-11-8-5-2)49-54(59)56-52(50-57)53(58)47-44-41-38-35-31-21-18-15-12-9-6-3/h8,10-11,13-14,16-17,19-20,22-29,32,51-53,57-58H,4-7,9,12,15,18,21,30-31,33-50H2,1-3H3,(H,56,59)/b11-8+,13-10+,17-14+,19-16+,23-20+,24-22+,27-25-,28-26+,32-29+. The van der Waals surface area contributed by atoms with E-state index in [4.69, 9.17) is 4.74 Å². The first-order valence-electron chi connectivity index (χ1n) is 24.7. The highest BCUT2D eigenvalue weighted by atomic mass is 16.5. The molecule has 0 bridgehead atoms. The molecule has 6 heteroatoms. The third-order valence-electron chi connectivity index (χ3n) is 10.5. The van der Waals surface area contributed by atoms with Crippen molar-refractivity contribution in [2.75, 3.05) is 6.61 Å². The molecule has 0 aliphatic carbocycles. The lowest BCUT2D eigenvalue weighted by Gasteiger charge is -2.24. The molecule has 0 fully saturated rings. The average molecular weight is 846 g/mol. The van der Waals surface area contributed by atoms with E-state index in [1.54, 1.807) is 0 Å². The number of nitrogens with one attached hydrogen (secondary N) is 1. The maximum Gasteiger partial charge on any atom is 0.306 e. The highest BCUT2D eigenvalue weighted by molar-refractivity contribution is 5.77. The molecule has 0 aliphatic rings. The summed E-state index contributed by atoms with van der Waals surface area (Å²) in [5.41, 5.74) is 0. The number of carbonyl (C=O) groups excluding carboxylic acids is 2. The third kappa shape index (κ3) is 43.0. The van der Waals surface area contributed by atoms with Crippen molar-refractivity contribution in [1.29, 1.82) is 0 Å². The van der Waals surface area contributed by atoms with E-state index in [1.165, 1.54) is 51.4 Å². The molecule has 346 valence electrons. The van der Waals surface area contributed by atoms with Gasteiger partial charge in [-0.2, -0.15) is 0 Å². The molecule has 3 atom stereocenters. The zero-order chi connectivity index (χ0) is 44.5. The predicted octanol–water partition coefficient (Wildman–Crippen LogP) is 14.7. The number of ether oxygens (including phenoxy) is 1. The van der Waals surface area contributed by atoms with E-state index in [1.807, 2.05) is 54.7 Å². The molecule has 1 amide bonds. The van der Waals surface area contributed by atoms with Crippen molar-refractivity contribution in [2.45, 2.75) is 219 Å². The van der Waals surface area contributed by atoms with Gasteiger partial charge in [0.1, 0.15) is 6.10 Å². The van der Waals surface area contributed by atoms with Gasteiger partial charge in [0.2, 0.25) is 5.91 Å². The van der Waals surface area contributed by atoms with Crippen LogP contribution in [0.25, 0.3) is 0 Å². The maximum absolute atomic E-state index is 13.2. The van der Waals surface area contributed by atoms with Gasteiger partial charge in [-0.25, -0.2) is 0 Å². The summed E-state index contributed by atoms with van der Waals surface area (Å²) in [5, 5.41) is 23.7. The summed E-state index contributed by atoms with van der Waals surface area (Å²) in [6.07, 6.45) is 64.2. The van der Waals surface area contributed by atoms with Crippen LogP contribution in [-0.4, -0.2) is 46.9 Å². The molecule has 3 N–H and O–H groups in total. The lowest BCUT2D eigenvalue weighted by molar-refractivity contribution is -0.151. The number of hydrogen-bond donors (Lipinski definition) is 3. The van der Waals surface area contributed by atoms with Crippen LogP contribution in [-0.2, 0) is 14.3 Å². The van der Waals surface area contributed by atoms with Crippen molar-refractivity contribution in [2.24, 2.45) is 0 Å². The zero-order valence-corrected chi connectivity index (χ0v) is 39.2. The van der Waals surface area contributed by atoms with Crippen LogP contribution in [0.2, 0.25) is 0 Å². The van der Waals surface area contributed by atoms with Gasteiger partial charge in [-0.15, -0.1) is 0 Å². The van der Waals surface area contributed by atoms with Crippen LogP contribution >= 0.6 is 0 Å². The molecule has 0 aromatic carbocycles. The molecular weight excluding hydrogens is 755 g/mol. The molecule has 0 radical (unpaired) electrons. The molecule has 0 saturated heterocycles. The fraction of sp³-hybridized carbons (Fsp3) is 0.636. The Balaban J connectivity index is 4.78. The first-order valence-corrected chi connectivity index (χ1v) is 24.7. The first-order chi connectivity index (χ1) is 30.0. The molecular formula is C55H91NO5. The minimum Gasteiger partial charge on any atom is -0.462 e. The summed E-state index contributed by atoms with van der Waals surface area (Å²) in [7, 11) is 0. The molecule has 0 rings (SSSR count). The van der Waals surface area contributed by atoms with E-state index in [0.717, 1.165) is 103 Å². The second-order valence-electron chi connectivity index (χ2n) is 16.3. The van der Waals surface area contributed by atoms with Crippen LogP contribution in [0.5, 0.6) is 0 Å². The Morgan fingerprint density at radius 1 is 0.492 bits per heavy atom. The Bertz CT molecular complexity index is 1270. The van der Waals surface area contributed by atoms with Gasteiger partial charge in [0.25, 0.3) is 0 Å². The number of esters is 1. The van der Waals surface area contributed by atoms with Crippen molar-refractivity contribution in [3.05, 3.63) is 109 Å². The number of aliphatic hydroxyl groups is 2. The van der Waals surface area contributed by atoms with Gasteiger partial charge in [-0.05, 0) is 64.2 Å². The molecule has 3 unspecified atom stereocenters. The largest absolute Gasteiger partial charge is 0.462 e. The van der Waals surface area contributed by atoms with Gasteiger partial charge in [0.15, 0.2) is 0 Å². The number of allylic oxidation sites excluding steroid dienone is 18. The molecule has 6 nitrogen and oxygen atoms in total. The summed E-state index contributed by atoms with van der Waals surface area (Å²) in [6, 6.07) is -0.727. The number of aliphatic hydroxyl groups excluding tert-OH is 2. The second kappa shape index (κ2) is 47.6. The molecule has 0 heterocycles. The van der Waals surface area contributed by atoms with Crippen molar-refractivity contribution in [3.8, 4) is 0 Å². The van der Waals surface area contributed by atoms with E-state index in [0.29, 0.717) is 19.3 Å². The topological polar surface area (TPSA) is 95.9 Å². The minimum absolute atomic E-state index is 0.0325. The lowest BCUT2D eigenvalue weighted by atomic mass is 10.0. The smallest absolute Gasteiger partial charge is 0.306 e. The molecule has 0 aromatic heterocycles. The van der Waals surface area contributed by atoms with E-state index in [2.05, 4.69) is 80.8 Å². The summed E-state index contributed by atoms with van der Waals surface area (Å²) >= 11 is 0. The van der Waals surface area contributed by atoms with E-state index in [-0.39, 0.29) is 24.9 Å². The Kier molecular flexibility index (Phi) is 44.9. The monoisotopic (exact) mass is 846 g/mol. The van der Waals surface area contributed by atoms with Gasteiger partial charge < -0.3 is 20.3 Å². The van der Waals surface area contributed by atoms with Crippen molar-refractivity contribution >= 4 is 11.9 Å². The number of hydrogen-bond acceptors (Lipinski definition) is 5. The summed E-state index contributed by atoms with van der Waals surface area (Å²) in [5.74, 6) is -0.554. The van der Waals surface area contributed by atoms with Crippen LogP contribution in [0.1, 0.15) is 201 Å². The number of rotatable bonds is 42. The van der Waals surface area contributed by atoms with E-state index in [9.17, 15) is 19.8 Å². The van der Waals surface area contributed by atoms with Gasteiger partial charge in [0.05, 0.1) is 25.2 Å². The van der Waals surface area contributed by atoms with Crippen LogP contribution in [0.3, 0.4) is 0 Å². The minimum atomic E-state index is -0.810. The third-order valence-corrected chi connectivity index (χ3v) is 10.5. The number of unbranched alkanes of at least 4 members (excludes halogenated alkanes) is 19. The number of carbonyl (C=O) groups is 2. The highest BCUT2D eigenvalue weighted by Crippen LogP contribution is 2.17. The Morgan fingerprint density at radius 2 is 0.918 bits per heavy atom. The summed E-state index contributed by atoms with van der Waals surface area (Å²) in [6.45, 7) is 6.22. The van der Waals surface area contributed by atoms with E-state index >= 15 is 0 Å². The molecule has 61 heavy (non-hydrogen) atoms. The molecule has 0 spiro atoms. The summed E-state index contributed by atoms with van der Waals surface area (Å²) < 4.78 is 5.90. The Hall–Kier alpha value is -3.48. The zero-order valence-electron chi connectivity index (χ0n) is 39.2. The predicted molar refractivity (Wildman–Crippen MR) is 263 cm³/mol. The van der Waals surface area contributed by atoms with Gasteiger partial charge in [-0.3, -0.25) is 9.59 Å². The van der Waals surface area contributed by atoms with Gasteiger partial charge in [-0.1, -0.05) is 233 Å². The fourth-order valence-electron chi connectivity index (χ4n) is 6.82. The maximum atomic E-state index is 13.2. The lowest BCUT2D eigenvalue weighted by Crippen LogP contribution is -2.46. The second-order valence-corrected chi connectivity index (χ2v) is 16.3. The SMILES string of the molecule is CC/C=C/C=C/C=C/C=C\CCCCCCCC(=O)OC(CCCCC/C=C/C=C/C=C/C=C/C=C/CCC)CC(=O)NC(CO)C(O)CCCCCCCCCCCCC. The Morgan fingerprint density at radius 3 is 1.43 bits per heavy atom. The van der Waals surface area contributed by atoms with Crippen molar-refractivity contribution in [3.63, 3.8) is 0 Å². The van der Waals surface area contributed by atoms with Crippen LogP contribution < -0.4 is 5.32 Å². The molecule has 0 aliphatic heterocycles. The van der Waals surface area contributed by atoms with Crippen LogP contribution in [0, 0.1) is 0 Å². The van der Waals surface area contributed by atoms with E-state index < -0.39 is 18.2 Å². The fourth-order valence-corrected chi connectivity index (χ4v) is 6.82. The van der Waals surface area contributed by atoms with Gasteiger partial charge in [0, 0.05) is 6.42 Å². The first kappa shape index (κ1) is 57.5. The van der Waals surface area contributed by atoms with Gasteiger partial charge >= 0.3 is 5.97 Å². The quantitative estimate of drug-likeness (QED) is 0.0323. The van der Waals surface area contributed by atoms with Crippen LogP contribution in [0.4, 0.5) is 0 Å². The highest BCUT2D eigenvalue weighted by Gasteiger charge is 2.24. The van der Waals surface area contributed by atoms with Crippen molar-refractivity contribution in [1.82, 2.24) is 5.32 Å². The Labute approximate surface area is 375 Å². The average Bonchev–Trinajstić information content (AvgIpc) is 3.25. The normalized spacial score (nSPS) is 14.2. The summed E-state index contributed by atoms with van der Waals surface area (Å²) in [4.78, 5) is 26.1. The number of amides is 1. The molecule has 0 aromatic rings. The van der Waals surface area contributed by atoms with Crippen LogP contribution in [0.15, 0.2) is 109 Å².